The molecule has 2 atom stereocenters. The fraction of sp³-hybridized carbons (Fsp3) is 1.00. The van der Waals surface area contributed by atoms with Crippen LogP contribution in [0.5, 0.6) is 0 Å². The highest BCUT2D eigenvalue weighted by molar-refractivity contribution is 8.00. The summed E-state index contributed by atoms with van der Waals surface area (Å²) in [7, 11) is 0. The molecule has 2 fully saturated rings. The average Bonchev–Trinajstić information content (AvgIpc) is 2.55. The Morgan fingerprint density at radius 3 is 2.87 bits per heavy atom. The molecular formula is C12H24N2S. The van der Waals surface area contributed by atoms with Gasteiger partial charge in [0, 0.05) is 18.3 Å². The van der Waals surface area contributed by atoms with Gasteiger partial charge < -0.3 is 4.90 Å². The smallest absolute Gasteiger partial charge is 0.0660 e. The normalized spacial score (nSPS) is 38.4. The van der Waals surface area contributed by atoms with Gasteiger partial charge in [0.2, 0.25) is 0 Å². The van der Waals surface area contributed by atoms with Crippen molar-refractivity contribution in [3.63, 3.8) is 0 Å². The molecule has 0 aromatic carbocycles. The molecule has 2 aliphatic heterocycles. The Hall–Kier alpha value is 0.270. The van der Waals surface area contributed by atoms with Crippen molar-refractivity contribution in [2.75, 3.05) is 25.4 Å². The molecule has 0 bridgehead atoms. The Labute approximate surface area is 98.2 Å². The molecular weight excluding hydrogens is 204 g/mol. The van der Waals surface area contributed by atoms with Crippen LogP contribution in [-0.4, -0.2) is 41.2 Å². The van der Waals surface area contributed by atoms with Gasteiger partial charge in [0.1, 0.15) is 0 Å². The van der Waals surface area contributed by atoms with Crippen molar-refractivity contribution in [1.82, 2.24) is 10.2 Å². The number of thioether (sulfide) groups is 1. The van der Waals surface area contributed by atoms with Gasteiger partial charge in [-0.25, -0.2) is 0 Å². The Balaban J connectivity index is 1.92. The van der Waals surface area contributed by atoms with E-state index in [2.05, 4.69) is 35.8 Å². The van der Waals surface area contributed by atoms with Gasteiger partial charge in [-0.3, -0.25) is 5.32 Å². The van der Waals surface area contributed by atoms with E-state index in [1.807, 2.05) is 0 Å². The van der Waals surface area contributed by atoms with E-state index in [0.29, 0.717) is 4.87 Å². The van der Waals surface area contributed by atoms with Crippen LogP contribution in [0.1, 0.15) is 39.5 Å². The minimum Gasteiger partial charge on any atom is -0.304 e. The molecule has 0 radical (unpaired) electrons. The van der Waals surface area contributed by atoms with Crippen LogP contribution in [0.25, 0.3) is 0 Å². The van der Waals surface area contributed by atoms with Crippen molar-refractivity contribution in [1.29, 1.82) is 0 Å². The number of nitrogens with zero attached hydrogens (tertiary/aromatic N) is 1. The summed E-state index contributed by atoms with van der Waals surface area (Å²) in [4.78, 5) is 3.03. The van der Waals surface area contributed by atoms with Gasteiger partial charge >= 0.3 is 0 Å². The maximum atomic E-state index is 3.88. The maximum Gasteiger partial charge on any atom is 0.0660 e. The lowest BCUT2D eigenvalue weighted by Gasteiger charge is -2.28. The molecule has 1 spiro atoms. The average molecular weight is 228 g/mol. The largest absolute Gasteiger partial charge is 0.304 e. The summed E-state index contributed by atoms with van der Waals surface area (Å²) in [6, 6.07) is 0.767. The van der Waals surface area contributed by atoms with Gasteiger partial charge in [0.25, 0.3) is 0 Å². The molecule has 0 aliphatic carbocycles. The molecule has 1 N–H and O–H groups in total. The third-order valence-corrected chi connectivity index (χ3v) is 5.50. The van der Waals surface area contributed by atoms with Gasteiger partial charge in [-0.15, -0.1) is 11.8 Å². The lowest BCUT2D eigenvalue weighted by Crippen LogP contribution is -2.42. The van der Waals surface area contributed by atoms with Gasteiger partial charge in [-0.05, 0) is 38.8 Å². The predicted octanol–water partition coefficient (Wildman–Crippen LogP) is 2.30. The van der Waals surface area contributed by atoms with Crippen LogP contribution >= 0.6 is 11.8 Å². The SMILES string of the molecule is CCC1CSC2(CCCN(CC)CC2)N1. The van der Waals surface area contributed by atoms with E-state index in [-0.39, 0.29) is 0 Å². The van der Waals surface area contributed by atoms with Crippen molar-refractivity contribution in [2.45, 2.75) is 50.4 Å². The molecule has 15 heavy (non-hydrogen) atoms. The quantitative estimate of drug-likeness (QED) is 0.781. The second kappa shape index (κ2) is 5.07. The van der Waals surface area contributed by atoms with Crippen molar-refractivity contribution in [2.24, 2.45) is 0 Å². The number of likely N-dealkylation sites (tertiary alicyclic amines) is 1. The Morgan fingerprint density at radius 2 is 2.20 bits per heavy atom. The molecule has 0 amide bonds. The zero-order valence-electron chi connectivity index (χ0n) is 10.1. The van der Waals surface area contributed by atoms with Crippen molar-refractivity contribution in [3.8, 4) is 0 Å². The van der Waals surface area contributed by atoms with Crippen molar-refractivity contribution < 1.29 is 0 Å². The molecule has 2 aliphatic rings. The van der Waals surface area contributed by atoms with Crippen LogP contribution in [0, 0.1) is 0 Å². The van der Waals surface area contributed by atoms with E-state index >= 15 is 0 Å². The van der Waals surface area contributed by atoms with Crippen LogP contribution < -0.4 is 5.32 Å². The van der Waals surface area contributed by atoms with Gasteiger partial charge in [0.15, 0.2) is 0 Å². The van der Waals surface area contributed by atoms with E-state index in [0.717, 1.165) is 6.04 Å². The first kappa shape index (κ1) is 11.7. The second-order valence-electron chi connectivity index (χ2n) is 4.84. The van der Waals surface area contributed by atoms with E-state index in [4.69, 9.17) is 0 Å². The van der Waals surface area contributed by atoms with Crippen LogP contribution in [0.3, 0.4) is 0 Å². The second-order valence-corrected chi connectivity index (χ2v) is 6.25. The molecule has 88 valence electrons. The standard InChI is InChI=1S/C12H24N2S/c1-3-11-10-15-12(13-11)6-5-8-14(4-2)9-7-12/h11,13H,3-10H2,1-2H3. The lowest BCUT2D eigenvalue weighted by atomic mass is 10.1. The molecule has 2 nitrogen and oxygen atoms in total. The monoisotopic (exact) mass is 228 g/mol. The third-order valence-electron chi connectivity index (χ3n) is 3.85. The zero-order chi connectivity index (χ0) is 10.7. The number of hydrogen-bond acceptors (Lipinski definition) is 3. The van der Waals surface area contributed by atoms with E-state index < -0.39 is 0 Å². The summed E-state index contributed by atoms with van der Waals surface area (Å²) in [5.74, 6) is 1.32. The first-order chi connectivity index (χ1) is 7.28. The topological polar surface area (TPSA) is 15.3 Å². The molecule has 0 aromatic heterocycles. The Kier molecular flexibility index (Phi) is 3.97. The minimum absolute atomic E-state index is 0.435. The van der Waals surface area contributed by atoms with E-state index in [9.17, 15) is 0 Å². The molecule has 2 heterocycles. The summed E-state index contributed by atoms with van der Waals surface area (Å²) in [6.45, 7) is 8.39. The highest BCUT2D eigenvalue weighted by Gasteiger charge is 2.39. The Bertz CT molecular complexity index is 206. The molecule has 0 saturated carbocycles. The highest BCUT2D eigenvalue weighted by Crippen LogP contribution is 2.39. The fourth-order valence-electron chi connectivity index (χ4n) is 2.70. The fourth-order valence-corrected chi connectivity index (χ4v) is 4.32. The highest BCUT2D eigenvalue weighted by atomic mass is 32.2. The van der Waals surface area contributed by atoms with Crippen LogP contribution in [0.15, 0.2) is 0 Å². The van der Waals surface area contributed by atoms with Crippen LogP contribution in [-0.2, 0) is 0 Å². The minimum atomic E-state index is 0.435. The molecule has 2 unspecified atom stereocenters. The first-order valence-electron chi connectivity index (χ1n) is 6.42. The van der Waals surface area contributed by atoms with Crippen LogP contribution in [0.2, 0.25) is 0 Å². The Morgan fingerprint density at radius 1 is 1.33 bits per heavy atom. The summed E-state index contributed by atoms with van der Waals surface area (Å²) in [6.07, 6.45) is 5.35. The summed E-state index contributed by atoms with van der Waals surface area (Å²) >= 11 is 2.19. The van der Waals surface area contributed by atoms with Crippen LogP contribution in [0.4, 0.5) is 0 Å². The summed E-state index contributed by atoms with van der Waals surface area (Å²) in [5.41, 5.74) is 0. The van der Waals surface area contributed by atoms with Crippen molar-refractivity contribution in [3.05, 3.63) is 0 Å². The maximum absolute atomic E-state index is 3.88. The molecule has 0 aromatic rings. The van der Waals surface area contributed by atoms with Crippen molar-refractivity contribution >= 4 is 11.8 Å². The number of rotatable bonds is 2. The molecule has 3 heteroatoms. The summed E-state index contributed by atoms with van der Waals surface area (Å²) < 4.78 is 0. The lowest BCUT2D eigenvalue weighted by molar-refractivity contribution is 0.293. The first-order valence-corrected chi connectivity index (χ1v) is 7.40. The number of nitrogens with one attached hydrogen (secondary N) is 1. The van der Waals surface area contributed by atoms with E-state index in [1.165, 1.54) is 51.1 Å². The summed E-state index contributed by atoms with van der Waals surface area (Å²) in [5, 5.41) is 3.88. The van der Waals surface area contributed by atoms with Gasteiger partial charge in [-0.1, -0.05) is 13.8 Å². The molecule has 2 saturated heterocycles. The van der Waals surface area contributed by atoms with Gasteiger partial charge in [-0.2, -0.15) is 0 Å². The molecule has 2 rings (SSSR count). The predicted molar refractivity (Wildman–Crippen MR) is 68.4 cm³/mol. The zero-order valence-corrected chi connectivity index (χ0v) is 10.9. The number of hydrogen-bond donors (Lipinski definition) is 1. The van der Waals surface area contributed by atoms with E-state index in [1.54, 1.807) is 0 Å². The van der Waals surface area contributed by atoms with Gasteiger partial charge in [0.05, 0.1) is 4.87 Å². The third kappa shape index (κ3) is 2.69.